The van der Waals surface area contributed by atoms with Crippen molar-refractivity contribution in [2.45, 2.75) is 59.3 Å². The van der Waals surface area contributed by atoms with Gasteiger partial charge < -0.3 is 10.2 Å². The lowest BCUT2D eigenvalue weighted by atomic mass is 10.1. The zero-order valence-corrected chi connectivity index (χ0v) is 10.3. The first kappa shape index (κ1) is 16.8. The van der Waals surface area contributed by atoms with Gasteiger partial charge in [-0.25, -0.2) is 0 Å². The van der Waals surface area contributed by atoms with Crippen LogP contribution in [0.5, 0.6) is 0 Å². The quantitative estimate of drug-likeness (QED) is 0.464. The molecular weight excluding hydrogens is 192 g/mol. The summed E-state index contributed by atoms with van der Waals surface area (Å²) in [6.07, 6.45) is 6.50. The summed E-state index contributed by atoms with van der Waals surface area (Å²) < 4.78 is 5.07. The Morgan fingerprint density at radius 3 is 2.27 bits per heavy atom. The van der Waals surface area contributed by atoms with Crippen LogP contribution >= 0.6 is 0 Å². The first-order valence-corrected chi connectivity index (χ1v) is 5.82. The van der Waals surface area contributed by atoms with Crippen LogP contribution in [0.2, 0.25) is 0 Å². The Hall–Kier alpha value is -0.570. The Morgan fingerprint density at radius 1 is 1.13 bits per heavy atom. The van der Waals surface area contributed by atoms with E-state index in [-0.39, 0.29) is 11.4 Å². The number of unbranched alkanes of at least 4 members (excludes halogenated alkanes) is 4. The second-order valence-electron chi connectivity index (χ2n) is 4.24. The molecule has 0 heterocycles. The van der Waals surface area contributed by atoms with E-state index in [1.807, 2.05) is 0 Å². The van der Waals surface area contributed by atoms with Gasteiger partial charge in [0, 0.05) is 6.42 Å². The van der Waals surface area contributed by atoms with Crippen molar-refractivity contribution in [3.05, 3.63) is 0 Å². The van der Waals surface area contributed by atoms with Gasteiger partial charge in [-0.2, -0.15) is 0 Å². The van der Waals surface area contributed by atoms with E-state index >= 15 is 0 Å². The summed E-state index contributed by atoms with van der Waals surface area (Å²) in [5, 5.41) is 0. The van der Waals surface area contributed by atoms with Crippen LogP contribution in [0.25, 0.3) is 0 Å². The van der Waals surface area contributed by atoms with Gasteiger partial charge >= 0.3 is 5.97 Å². The standard InChI is InChI=1S/C12H24O2.H2O/c1-4-5-6-7-8-9-12(13)14-10-11(2)3;/h11H,4-10H2,1-3H3;1H2. The van der Waals surface area contributed by atoms with Crippen LogP contribution in [-0.2, 0) is 9.53 Å². The zero-order chi connectivity index (χ0) is 10.8. The molecular formula is C12H26O3. The summed E-state index contributed by atoms with van der Waals surface area (Å²) in [6.45, 7) is 6.85. The lowest BCUT2D eigenvalue weighted by Gasteiger charge is -2.06. The van der Waals surface area contributed by atoms with Gasteiger partial charge in [0.15, 0.2) is 0 Å². The Bertz CT molecular complexity index is 144. The van der Waals surface area contributed by atoms with Crippen LogP contribution in [-0.4, -0.2) is 18.1 Å². The fourth-order valence-corrected chi connectivity index (χ4v) is 1.20. The van der Waals surface area contributed by atoms with Crippen molar-refractivity contribution in [3.63, 3.8) is 0 Å². The van der Waals surface area contributed by atoms with Crippen LogP contribution < -0.4 is 0 Å². The van der Waals surface area contributed by atoms with Gasteiger partial charge in [0.2, 0.25) is 0 Å². The summed E-state index contributed by atoms with van der Waals surface area (Å²) in [6, 6.07) is 0. The van der Waals surface area contributed by atoms with E-state index in [0.717, 1.165) is 12.8 Å². The van der Waals surface area contributed by atoms with Crippen molar-refractivity contribution in [2.24, 2.45) is 5.92 Å². The SMILES string of the molecule is CCCCCCCC(=O)OCC(C)C.O. The molecule has 0 aliphatic carbocycles. The van der Waals surface area contributed by atoms with Gasteiger partial charge in [0.1, 0.15) is 0 Å². The summed E-state index contributed by atoms with van der Waals surface area (Å²) in [5.74, 6) is 0.411. The minimum absolute atomic E-state index is 0. The van der Waals surface area contributed by atoms with Crippen molar-refractivity contribution >= 4 is 5.97 Å². The third kappa shape index (κ3) is 13.4. The van der Waals surface area contributed by atoms with E-state index in [9.17, 15) is 4.79 Å². The third-order valence-electron chi connectivity index (χ3n) is 2.06. The van der Waals surface area contributed by atoms with Gasteiger partial charge in [0.25, 0.3) is 0 Å². The van der Waals surface area contributed by atoms with Crippen LogP contribution in [0.4, 0.5) is 0 Å². The summed E-state index contributed by atoms with van der Waals surface area (Å²) in [7, 11) is 0. The Kier molecular flexibility index (Phi) is 12.9. The lowest BCUT2D eigenvalue weighted by Crippen LogP contribution is -2.09. The van der Waals surface area contributed by atoms with E-state index in [0.29, 0.717) is 18.9 Å². The number of rotatable bonds is 8. The van der Waals surface area contributed by atoms with Crippen molar-refractivity contribution in [3.8, 4) is 0 Å². The maximum Gasteiger partial charge on any atom is 0.305 e. The van der Waals surface area contributed by atoms with E-state index < -0.39 is 0 Å². The second-order valence-corrected chi connectivity index (χ2v) is 4.24. The summed E-state index contributed by atoms with van der Waals surface area (Å²) in [5.41, 5.74) is 0. The molecule has 92 valence electrons. The number of carbonyl (C=O) groups excluding carboxylic acids is 1. The molecule has 0 atom stereocenters. The number of hydrogen-bond acceptors (Lipinski definition) is 2. The molecule has 3 heteroatoms. The van der Waals surface area contributed by atoms with Crippen molar-refractivity contribution < 1.29 is 15.0 Å². The Labute approximate surface area is 93.5 Å². The molecule has 0 fully saturated rings. The smallest absolute Gasteiger partial charge is 0.305 e. The molecule has 0 radical (unpaired) electrons. The molecule has 2 N–H and O–H groups in total. The molecule has 15 heavy (non-hydrogen) atoms. The molecule has 0 aliphatic rings. The van der Waals surface area contributed by atoms with Gasteiger partial charge in [-0.1, -0.05) is 46.5 Å². The minimum atomic E-state index is -0.0322. The van der Waals surface area contributed by atoms with Gasteiger partial charge in [-0.15, -0.1) is 0 Å². The fourth-order valence-electron chi connectivity index (χ4n) is 1.20. The molecule has 0 aromatic heterocycles. The highest BCUT2D eigenvalue weighted by Gasteiger charge is 2.03. The van der Waals surface area contributed by atoms with Crippen LogP contribution in [0, 0.1) is 5.92 Å². The normalized spacial score (nSPS) is 9.87. The second kappa shape index (κ2) is 11.5. The number of ether oxygens (including phenoxy) is 1. The average Bonchev–Trinajstić information content (AvgIpc) is 2.14. The Morgan fingerprint density at radius 2 is 1.73 bits per heavy atom. The first-order valence-electron chi connectivity index (χ1n) is 5.82. The summed E-state index contributed by atoms with van der Waals surface area (Å²) >= 11 is 0. The minimum Gasteiger partial charge on any atom is -0.465 e. The van der Waals surface area contributed by atoms with E-state index in [1.165, 1.54) is 19.3 Å². The maximum absolute atomic E-state index is 11.2. The number of esters is 1. The fraction of sp³-hybridized carbons (Fsp3) is 0.917. The van der Waals surface area contributed by atoms with Crippen molar-refractivity contribution in [1.29, 1.82) is 0 Å². The van der Waals surface area contributed by atoms with Crippen molar-refractivity contribution in [2.75, 3.05) is 6.61 Å². The van der Waals surface area contributed by atoms with Gasteiger partial charge in [-0.3, -0.25) is 4.79 Å². The molecule has 0 spiro atoms. The third-order valence-corrected chi connectivity index (χ3v) is 2.06. The highest BCUT2D eigenvalue weighted by Crippen LogP contribution is 2.06. The average molecular weight is 218 g/mol. The largest absolute Gasteiger partial charge is 0.465 e. The predicted octanol–water partition coefficient (Wildman–Crippen LogP) is 2.72. The highest BCUT2D eigenvalue weighted by atomic mass is 16.5. The molecule has 0 bridgehead atoms. The first-order chi connectivity index (χ1) is 6.66. The molecule has 0 saturated carbocycles. The number of hydrogen-bond donors (Lipinski definition) is 0. The molecule has 0 amide bonds. The molecule has 0 aromatic carbocycles. The number of carbonyl (C=O) groups is 1. The molecule has 0 aliphatic heterocycles. The predicted molar refractivity (Wildman–Crippen MR) is 62.8 cm³/mol. The van der Waals surface area contributed by atoms with Gasteiger partial charge in [0.05, 0.1) is 6.61 Å². The topological polar surface area (TPSA) is 57.8 Å². The van der Waals surface area contributed by atoms with E-state index in [1.54, 1.807) is 0 Å². The maximum atomic E-state index is 11.2. The van der Waals surface area contributed by atoms with Crippen molar-refractivity contribution in [1.82, 2.24) is 0 Å². The molecule has 0 saturated heterocycles. The Balaban J connectivity index is 0. The van der Waals surface area contributed by atoms with E-state index in [2.05, 4.69) is 20.8 Å². The van der Waals surface area contributed by atoms with Crippen LogP contribution in [0.3, 0.4) is 0 Å². The molecule has 3 nitrogen and oxygen atoms in total. The monoisotopic (exact) mass is 218 g/mol. The molecule has 0 rings (SSSR count). The molecule has 0 aromatic rings. The van der Waals surface area contributed by atoms with Crippen LogP contribution in [0.1, 0.15) is 59.3 Å². The summed E-state index contributed by atoms with van der Waals surface area (Å²) in [4.78, 5) is 11.2. The zero-order valence-electron chi connectivity index (χ0n) is 10.3. The molecule has 0 unspecified atom stereocenters. The van der Waals surface area contributed by atoms with Gasteiger partial charge in [-0.05, 0) is 12.3 Å². The highest BCUT2D eigenvalue weighted by molar-refractivity contribution is 5.69. The van der Waals surface area contributed by atoms with Crippen LogP contribution in [0.15, 0.2) is 0 Å². The van der Waals surface area contributed by atoms with E-state index in [4.69, 9.17) is 4.74 Å². The lowest BCUT2D eigenvalue weighted by molar-refractivity contribution is -0.144.